The van der Waals surface area contributed by atoms with Crippen LogP contribution >= 0.6 is 0 Å². The van der Waals surface area contributed by atoms with E-state index in [0.717, 1.165) is 32.5 Å². The molecule has 0 aromatic rings. The Balaban J connectivity index is 2.04. The van der Waals surface area contributed by atoms with Crippen molar-refractivity contribution < 1.29 is 13.5 Å². The summed E-state index contributed by atoms with van der Waals surface area (Å²) in [6.07, 6.45) is 5.25. The second-order valence-electron chi connectivity index (χ2n) is 4.92. The van der Waals surface area contributed by atoms with Crippen molar-refractivity contribution in [1.82, 2.24) is 4.90 Å². The van der Waals surface area contributed by atoms with Crippen LogP contribution in [0.25, 0.3) is 0 Å². The minimum Gasteiger partial charge on any atom is -0.381 e. The van der Waals surface area contributed by atoms with E-state index in [0.29, 0.717) is 6.54 Å². The van der Waals surface area contributed by atoms with Crippen LogP contribution in [0.4, 0.5) is 8.78 Å². The first-order valence-corrected chi connectivity index (χ1v) is 6.20. The molecule has 0 bridgehead atoms. The normalized spacial score (nSPS) is 24.3. The Morgan fingerprint density at radius 3 is 2.65 bits per heavy atom. The number of nitrogens with zero attached hydrogens (tertiary/aromatic N) is 1. The van der Waals surface area contributed by atoms with Gasteiger partial charge in [0.05, 0.1) is 6.54 Å². The fourth-order valence-electron chi connectivity index (χ4n) is 2.54. The number of halogens is 2. The Kier molecular flexibility index (Phi) is 3.82. The Bertz CT molecular complexity index is 332. The van der Waals surface area contributed by atoms with Crippen LogP contribution in [-0.2, 0) is 4.74 Å². The predicted octanol–water partition coefficient (Wildman–Crippen LogP) is 3.17. The molecule has 0 unspecified atom stereocenters. The Hall–Kier alpha value is -0.900. The number of rotatable bonds is 3. The van der Waals surface area contributed by atoms with Gasteiger partial charge in [-0.15, -0.1) is 0 Å². The van der Waals surface area contributed by atoms with Crippen LogP contribution in [0.1, 0.15) is 26.2 Å². The van der Waals surface area contributed by atoms with Crippen LogP contribution < -0.4 is 0 Å². The Morgan fingerprint density at radius 1 is 1.29 bits per heavy atom. The van der Waals surface area contributed by atoms with Gasteiger partial charge in [0.2, 0.25) is 0 Å². The molecule has 0 spiro atoms. The maximum absolute atomic E-state index is 13.6. The lowest BCUT2D eigenvalue weighted by Gasteiger charge is -2.41. The zero-order valence-electron chi connectivity index (χ0n) is 10.2. The third kappa shape index (κ3) is 2.86. The SMILES string of the molecule is CCC1(CN2CC(F)=CC=C2F)CCOCC1. The summed E-state index contributed by atoms with van der Waals surface area (Å²) in [7, 11) is 0. The van der Waals surface area contributed by atoms with E-state index >= 15 is 0 Å². The van der Waals surface area contributed by atoms with Crippen molar-refractivity contribution >= 4 is 0 Å². The minimum absolute atomic E-state index is 0.0605. The maximum Gasteiger partial charge on any atom is 0.190 e. The van der Waals surface area contributed by atoms with Crippen LogP contribution in [0.3, 0.4) is 0 Å². The molecule has 4 heteroatoms. The molecule has 1 fully saturated rings. The molecular formula is C13H19F2NO. The topological polar surface area (TPSA) is 12.5 Å². The number of ether oxygens (including phenoxy) is 1. The number of hydrogen-bond acceptors (Lipinski definition) is 2. The summed E-state index contributed by atoms with van der Waals surface area (Å²) in [5.74, 6) is -0.601. The van der Waals surface area contributed by atoms with Crippen LogP contribution in [0.5, 0.6) is 0 Å². The highest BCUT2D eigenvalue weighted by Crippen LogP contribution is 2.36. The van der Waals surface area contributed by atoms with E-state index in [-0.39, 0.29) is 23.7 Å². The summed E-state index contributed by atoms with van der Waals surface area (Å²) in [6.45, 7) is 4.21. The van der Waals surface area contributed by atoms with Gasteiger partial charge >= 0.3 is 0 Å². The van der Waals surface area contributed by atoms with Crippen molar-refractivity contribution in [1.29, 1.82) is 0 Å². The highest BCUT2D eigenvalue weighted by atomic mass is 19.1. The number of hydrogen-bond donors (Lipinski definition) is 0. The molecule has 1 saturated heterocycles. The molecule has 2 aliphatic rings. The van der Waals surface area contributed by atoms with Crippen LogP contribution in [-0.4, -0.2) is 31.2 Å². The van der Waals surface area contributed by atoms with Gasteiger partial charge in [-0.3, -0.25) is 0 Å². The average Bonchev–Trinajstić information content (AvgIpc) is 2.35. The van der Waals surface area contributed by atoms with E-state index in [1.54, 1.807) is 0 Å². The van der Waals surface area contributed by atoms with Crippen LogP contribution in [0.2, 0.25) is 0 Å². The van der Waals surface area contributed by atoms with E-state index < -0.39 is 0 Å². The highest BCUT2D eigenvalue weighted by Gasteiger charge is 2.34. The molecule has 0 saturated carbocycles. The van der Waals surface area contributed by atoms with E-state index in [1.165, 1.54) is 17.1 Å². The van der Waals surface area contributed by atoms with Gasteiger partial charge in [-0.1, -0.05) is 6.92 Å². The lowest BCUT2D eigenvalue weighted by Crippen LogP contribution is -2.41. The molecule has 2 heterocycles. The molecule has 2 aliphatic heterocycles. The molecule has 96 valence electrons. The van der Waals surface area contributed by atoms with Crippen molar-refractivity contribution in [3.8, 4) is 0 Å². The van der Waals surface area contributed by atoms with Gasteiger partial charge in [-0.05, 0) is 36.8 Å². The van der Waals surface area contributed by atoms with Crippen molar-refractivity contribution in [3.05, 3.63) is 23.9 Å². The molecule has 0 N–H and O–H groups in total. The van der Waals surface area contributed by atoms with Gasteiger partial charge in [0.25, 0.3) is 0 Å². The van der Waals surface area contributed by atoms with Gasteiger partial charge in [0.15, 0.2) is 5.95 Å². The summed E-state index contributed by atoms with van der Waals surface area (Å²) in [4.78, 5) is 1.50. The van der Waals surface area contributed by atoms with Crippen molar-refractivity contribution in [3.63, 3.8) is 0 Å². The zero-order valence-corrected chi connectivity index (χ0v) is 10.2. The van der Waals surface area contributed by atoms with Gasteiger partial charge in [-0.25, -0.2) is 4.39 Å². The molecule has 0 aromatic heterocycles. The summed E-state index contributed by atoms with van der Waals surface area (Å²) in [5.41, 5.74) is 0.0705. The zero-order chi connectivity index (χ0) is 12.3. The van der Waals surface area contributed by atoms with Crippen LogP contribution in [0.15, 0.2) is 23.9 Å². The summed E-state index contributed by atoms with van der Waals surface area (Å²) < 4.78 is 32.2. The molecule has 0 amide bonds. The first-order valence-electron chi connectivity index (χ1n) is 6.20. The molecule has 0 atom stereocenters. The second kappa shape index (κ2) is 5.17. The van der Waals surface area contributed by atoms with Gasteiger partial charge < -0.3 is 9.64 Å². The largest absolute Gasteiger partial charge is 0.381 e. The monoisotopic (exact) mass is 243 g/mol. The van der Waals surface area contributed by atoms with Crippen molar-refractivity contribution in [2.24, 2.45) is 5.41 Å². The highest BCUT2D eigenvalue weighted by molar-refractivity contribution is 5.17. The third-order valence-corrected chi connectivity index (χ3v) is 3.88. The van der Waals surface area contributed by atoms with E-state index in [2.05, 4.69) is 6.92 Å². The predicted molar refractivity (Wildman–Crippen MR) is 62.7 cm³/mol. The standard InChI is InChI=1S/C13H19F2NO/c1-2-13(5-7-17-8-6-13)10-16-9-11(14)3-4-12(16)15/h3-4H,2,5-10H2,1H3. The molecule has 0 radical (unpaired) electrons. The second-order valence-corrected chi connectivity index (χ2v) is 4.92. The molecule has 17 heavy (non-hydrogen) atoms. The van der Waals surface area contributed by atoms with Gasteiger partial charge in [-0.2, -0.15) is 4.39 Å². The summed E-state index contributed by atoms with van der Waals surface area (Å²) in [5, 5.41) is 0. The molecule has 0 aromatic carbocycles. The van der Waals surface area contributed by atoms with E-state index in [4.69, 9.17) is 4.74 Å². The molecule has 2 nitrogen and oxygen atoms in total. The fraction of sp³-hybridized carbons (Fsp3) is 0.692. The van der Waals surface area contributed by atoms with E-state index in [1.807, 2.05) is 0 Å². The molecular weight excluding hydrogens is 224 g/mol. The van der Waals surface area contributed by atoms with Crippen molar-refractivity contribution in [2.45, 2.75) is 26.2 Å². The average molecular weight is 243 g/mol. The Morgan fingerprint density at radius 2 is 2.00 bits per heavy atom. The van der Waals surface area contributed by atoms with Gasteiger partial charge in [0.1, 0.15) is 5.83 Å². The number of allylic oxidation sites excluding steroid dienone is 2. The maximum atomic E-state index is 13.6. The molecule has 2 rings (SSSR count). The summed E-state index contributed by atoms with van der Waals surface area (Å²) >= 11 is 0. The third-order valence-electron chi connectivity index (χ3n) is 3.88. The minimum atomic E-state index is -0.328. The smallest absolute Gasteiger partial charge is 0.190 e. The fourth-order valence-corrected chi connectivity index (χ4v) is 2.54. The summed E-state index contributed by atoms with van der Waals surface area (Å²) in [6, 6.07) is 0. The lowest BCUT2D eigenvalue weighted by molar-refractivity contribution is -0.00487. The van der Waals surface area contributed by atoms with Gasteiger partial charge in [0, 0.05) is 19.8 Å². The van der Waals surface area contributed by atoms with Crippen LogP contribution in [0, 0.1) is 5.41 Å². The van der Waals surface area contributed by atoms with Crippen molar-refractivity contribution in [2.75, 3.05) is 26.3 Å². The Labute approximate surface area is 101 Å². The quantitative estimate of drug-likeness (QED) is 0.706. The van der Waals surface area contributed by atoms with E-state index in [9.17, 15) is 8.78 Å². The first kappa shape index (κ1) is 12.6. The molecule has 0 aliphatic carbocycles. The first-order chi connectivity index (χ1) is 8.15. The lowest BCUT2D eigenvalue weighted by atomic mass is 9.77.